The zero-order chi connectivity index (χ0) is 27.4. The van der Waals surface area contributed by atoms with Crippen molar-refractivity contribution < 1.29 is 19.0 Å². The highest BCUT2D eigenvalue weighted by Crippen LogP contribution is 2.45. The standard InChI is InChI=1S/C30H32FN3O4S/c1-17-5-7-18(8-6-17)12-25(39)33-11-3-4-19-14-32(16-24(19)33)27-23(31)13-21-26(29(27)38-2)34(20-9-10-20)15-22(28(21)35)30(36)37/h5-8,13,15,19-20,24H,3-4,9-12,14,16H2,1-2H3,(H,36,37). The van der Waals surface area contributed by atoms with Crippen molar-refractivity contribution in [1.29, 1.82) is 0 Å². The lowest BCUT2D eigenvalue weighted by Crippen LogP contribution is -2.48. The number of ether oxygens (including phenoxy) is 1. The van der Waals surface area contributed by atoms with E-state index in [0.29, 0.717) is 42.4 Å². The predicted molar refractivity (Wildman–Crippen MR) is 153 cm³/mol. The molecule has 1 aliphatic carbocycles. The number of fused-ring (bicyclic) bond motifs is 2. The monoisotopic (exact) mass is 549 g/mol. The topological polar surface area (TPSA) is 75.0 Å². The quantitative estimate of drug-likeness (QED) is 0.436. The number of aryl methyl sites for hydroxylation is 1. The minimum absolute atomic E-state index is 0.0393. The zero-order valence-electron chi connectivity index (χ0n) is 22.2. The Morgan fingerprint density at radius 1 is 1.18 bits per heavy atom. The van der Waals surface area contributed by atoms with E-state index < -0.39 is 17.2 Å². The van der Waals surface area contributed by atoms with Crippen molar-refractivity contribution >= 4 is 39.8 Å². The molecule has 0 amide bonds. The van der Waals surface area contributed by atoms with Crippen LogP contribution < -0.4 is 15.1 Å². The number of benzene rings is 2. The summed E-state index contributed by atoms with van der Waals surface area (Å²) in [5.41, 5.74) is 2.15. The number of rotatable bonds is 6. The molecule has 0 bridgehead atoms. The van der Waals surface area contributed by atoms with Crippen LogP contribution in [0.2, 0.25) is 0 Å². The fourth-order valence-corrected chi connectivity index (χ4v) is 6.77. The van der Waals surface area contributed by atoms with E-state index in [2.05, 4.69) is 36.1 Å². The van der Waals surface area contributed by atoms with Crippen LogP contribution in [0.25, 0.3) is 10.9 Å². The van der Waals surface area contributed by atoms with Gasteiger partial charge in [-0.2, -0.15) is 0 Å². The fraction of sp³-hybridized carbons (Fsp3) is 0.433. The Morgan fingerprint density at radius 2 is 1.92 bits per heavy atom. The second-order valence-electron chi connectivity index (χ2n) is 11.1. The number of nitrogens with zero attached hydrogens (tertiary/aromatic N) is 3. The lowest BCUT2D eigenvalue weighted by atomic mass is 9.91. The van der Waals surface area contributed by atoms with E-state index in [9.17, 15) is 14.7 Å². The molecule has 2 saturated heterocycles. The lowest BCUT2D eigenvalue weighted by Gasteiger charge is -2.38. The second-order valence-corrected chi connectivity index (χ2v) is 11.5. The average Bonchev–Trinajstić information content (AvgIpc) is 3.67. The molecule has 2 aliphatic heterocycles. The molecule has 9 heteroatoms. The van der Waals surface area contributed by atoms with Crippen LogP contribution in [0.15, 0.2) is 41.3 Å². The molecule has 1 aromatic heterocycles. The van der Waals surface area contributed by atoms with Gasteiger partial charge in [0.05, 0.1) is 29.0 Å². The molecule has 2 atom stereocenters. The maximum Gasteiger partial charge on any atom is 0.341 e. The number of carboxylic acids is 1. The van der Waals surface area contributed by atoms with E-state index in [1.165, 1.54) is 30.5 Å². The first-order valence-corrected chi connectivity index (χ1v) is 14.0. The largest absolute Gasteiger partial charge is 0.492 e. The molecule has 3 aromatic rings. The van der Waals surface area contributed by atoms with Crippen molar-refractivity contribution in [2.75, 3.05) is 31.6 Å². The summed E-state index contributed by atoms with van der Waals surface area (Å²) in [6.45, 7) is 4.21. The number of thiocarbonyl (C=S) groups is 1. The Kier molecular flexibility index (Phi) is 6.57. The summed E-state index contributed by atoms with van der Waals surface area (Å²) in [7, 11) is 1.48. The van der Waals surface area contributed by atoms with Gasteiger partial charge in [0, 0.05) is 38.3 Å². The molecule has 204 valence electrons. The van der Waals surface area contributed by atoms with Gasteiger partial charge in [-0.25, -0.2) is 9.18 Å². The molecular formula is C30H32FN3O4S. The Hall–Kier alpha value is -3.46. The van der Waals surface area contributed by atoms with E-state index in [1.54, 1.807) is 4.57 Å². The third-order valence-electron chi connectivity index (χ3n) is 8.47. The Bertz CT molecular complexity index is 1530. The summed E-state index contributed by atoms with van der Waals surface area (Å²) in [5.74, 6) is -1.27. The highest BCUT2D eigenvalue weighted by molar-refractivity contribution is 7.80. The van der Waals surface area contributed by atoms with Crippen molar-refractivity contribution in [2.24, 2.45) is 5.92 Å². The number of hydrogen-bond donors (Lipinski definition) is 1. The smallest absolute Gasteiger partial charge is 0.341 e. The molecule has 3 aliphatic rings. The van der Waals surface area contributed by atoms with Gasteiger partial charge >= 0.3 is 5.97 Å². The summed E-state index contributed by atoms with van der Waals surface area (Å²) in [4.78, 5) is 30.1. The zero-order valence-corrected chi connectivity index (χ0v) is 23.0. The minimum atomic E-state index is -1.31. The van der Waals surface area contributed by atoms with Crippen LogP contribution in [0.4, 0.5) is 10.1 Å². The maximum absolute atomic E-state index is 15.9. The van der Waals surface area contributed by atoms with Gasteiger partial charge in [-0.1, -0.05) is 42.0 Å². The first-order chi connectivity index (χ1) is 18.8. The van der Waals surface area contributed by atoms with Gasteiger partial charge in [-0.05, 0) is 50.2 Å². The number of anilines is 1. The number of likely N-dealkylation sites (tertiary alicyclic amines) is 1. The lowest BCUT2D eigenvalue weighted by molar-refractivity contribution is 0.0694. The van der Waals surface area contributed by atoms with Gasteiger partial charge in [-0.3, -0.25) is 4.79 Å². The van der Waals surface area contributed by atoms with E-state index in [0.717, 1.165) is 37.2 Å². The number of aromatic nitrogens is 1. The Balaban J connectivity index is 1.37. The van der Waals surface area contributed by atoms with Crippen LogP contribution in [-0.4, -0.2) is 58.3 Å². The van der Waals surface area contributed by atoms with Crippen LogP contribution in [-0.2, 0) is 6.42 Å². The molecule has 2 aromatic carbocycles. The van der Waals surface area contributed by atoms with Crippen molar-refractivity contribution in [3.8, 4) is 5.75 Å². The highest BCUT2D eigenvalue weighted by atomic mass is 32.1. The van der Waals surface area contributed by atoms with Crippen molar-refractivity contribution in [3.05, 3.63) is 69.3 Å². The van der Waals surface area contributed by atoms with E-state index in [1.807, 2.05) is 4.90 Å². The molecule has 0 spiro atoms. The van der Waals surface area contributed by atoms with E-state index in [4.69, 9.17) is 17.0 Å². The number of piperidine rings is 1. The third kappa shape index (κ3) is 4.56. The van der Waals surface area contributed by atoms with Crippen LogP contribution in [0.3, 0.4) is 0 Å². The van der Waals surface area contributed by atoms with Crippen LogP contribution in [0, 0.1) is 18.7 Å². The van der Waals surface area contributed by atoms with Crippen molar-refractivity contribution in [3.63, 3.8) is 0 Å². The molecular weight excluding hydrogens is 517 g/mol. The minimum Gasteiger partial charge on any atom is -0.492 e. The second kappa shape index (κ2) is 9.93. The van der Waals surface area contributed by atoms with Crippen LogP contribution in [0.5, 0.6) is 5.75 Å². The molecule has 3 heterocycles. The normalized spacial score (nSPS) is 20.8. The first kappa shape index (κ1) is 25.8. The van der Waals surface area contributed by atoms with E-state index >= 15 is 4.39 Å². The number of methoxy groups -OCH3 is 1. The van der Waals surface area contributed by atoms with Gasteiger partial charge in [-0.15, -0.1) is 0 Å². The third-order valence-corrected chi connectivity index (χ3v) is 8.85. The molecule has 2 unspecified atom stereocenters. The Morgan fingerprint density at radius 3 is 2.59 bits per heavy atom. The molecule has 39 heavy (non-hydrogen) atoms. The highest BCUT2D eigenvalue weighted by Gasteiger charge is 2.42. The number of aromatic carboxylic acids is 1. The average molecular weight is 550 g/mol. The Labute approximate surface area is 231 Å². The molecule has 1 N–H and O–H groups in total. The van der Waals surface area contributed by atoms with Gasteiger partial charge in [0.2, 0.25) is 5.43 Å². The van der Waals surface area contributed by atoms with Gasteiger partial charge < -0.3 is 24.2 Å². The molecule has 7 nitrogen and oxygen atoms in total. The van der Waals surface area contributed by atoms with Gasteiger partial charge in [0.15, 0.2) is 11.6 Å². The molecule has 1 saturated carbocycles. The maximum atomic E-state index is 15.9. The van der Waals surface area contributed by atoms with Crippen molar-refractivity contribution in [2.45, 2.75) is 51.1 Å². The fourth-order valence-electron chi connectivity index (χ4n) is 6.38. The molecule has 0 radical (unpaired) electrons. The summed E-state index contributed by atoms with van der Waals surface area (Å²) < 4.78 is 23.5. The molecule has 3 fully saturated rings. The van der Waals surface area contributed by atoms with Crippen LogP contribution in [0.1, 0.15) is 53.2 Å². The van der Waals surface area contributed by atoms with Gasteiger partial charge in [0.25, 0.3) is 0 Å². The molecule has 6 rings (SSSR count). The van der Waals surface area contributed by atoms with Gasteiger partial charge in [0.1, 0.15) is 11.3 Å². The number of pyridine rings is 1. The summed E-state index contributed by atoms with van der Waals surface area (Å²) >= 11 is 5.93. The first-order valence-electron chi connectivity index (χ1n) is 13.6. The number of halogens is 1. The summed E-state index contributed by atoms with van der Waals surface area (Å²) in [6.07, 6.45) is 5.90. The number of carboxylic acid groups (broad SMARTS) is 1. The SMILES string of the molecule is COc1c(N2CC3CCCN(C(=S)Cc4ccc(C)cc4)C3C2)c(F)cc2c(=O)c(C(=O)O)cn(C3CC3)c12. The summed E-state index contributed by atoms with van der Waals surface area (Å²) in [5, 5.41) is 9.65. The van der Waals surface area contributed by atoms with Crippen molar-refractivity contribution in [1.82, 2.24) is 9.47 Å². The van der Waals surface area contributed by atoms with Crippen LogP contribution >= 0.6 is 12.2 Å². The predicted octanol–water partition coefficient (Wildman–Crippen LogP) is 4.96. The van der Waals surface area contributed by atoms with E-state index in [-0.39, 0.29) is 23.0 Å². The number of hydrogen-bond acceptors (Lipinski definition) is 5. The number of carbonyl (C=O) groups is 1. The summed E-state index contributed by atoms with van der Waals surface area (Å²) in [6, 6.07) is 9.87.